The van der Waals surface area contributed by atoms with E-state index in [4.69, 9.17) is 4.74 Å². The molecule has 0 saturated carbocycles. The summed E-state index contributed by atoms with van der Waals surface area (Å²) in [6, 6.07) is 2.29. The number of aliphatic hydroxyl groups is 1. The van der Waals surface area contributed by atoms with Gasteiger partial charge in [-0.1, -0.05) is 0 Å². The molecule has 1 heterocycles. The molecule has 0 amide bonds. The Morgan fingerprint density at radius 2 is 1.73 bits per heavy atom. The second kappa shape index (κ2) is 4.66. The normalized spacial score (nSPS) is 23.8. The van der Waals surface area contributed by atoms with Gasteiger partial charge in [-0.2, -0.15) is 0 Å². The third-order valence-corrected chi connectivity index (χ3v) is 4.14. The van der Waals surface area contributed by atoms with Gasteiger partial charge in [0.1, 0.15) is 11.5 Å². The van der Waals surface area contributed by atoms with E-state index in [1.54, 1.807) is 0 Å². The number of benzene rings is 1. The fraction of sp³-hybridized carbons (Fsp3) is 0.375. The van der Waals surface area contributed by atoms with E-state index in [1.165, 1.54) is 0 Å². The van der Waals surface area contributed by atoms with Crippen molar-refractivity contribution in [3.05, 3.63) is 34.9 Å². The van der Waals surface area contributed by atoms with Crippen LogP contribution in [0.1, 0.15) is 41.0 Å². The standard InChI is InChI=1S/C16H16O6/c1-16(2)12(22-16)6-10(19)7-5-11(20)13-8(17)3-4-9(18)14(13)15(7)21/h3-5,10,12,17-19H,6H2,1-2H3. The highest BCUT2D eigenvalue weighted by Gasteiger charge is 2.49. The number of ketones is 2. The van der Waals surface area contributed by atoms with Gasteiger partial charge in [0.25, 0.3) is 0 Å². The predicted molar refractivity (Wildman–Crippen MR) is 76.1 cm³/mol. The molecule has 1 fully saturated rings. The van der Waals surface area contributed by atoms with Crippen molar-refractivity contribution in [2.45, 2.75) is 38.1 Å². The summed E-state index contributed by atoms with van der Waals surface area (Å²) >= 11 is 0. The van der Waals surface area contributed by atoms with E-state index >= 15 is 0 Å². The van der Waals surface area contributed by atoms with Gasteiger partial charge in [-0.05, 0) is 32.1 Å². The fourth-order valence-corrected chi connectivity index (χ4v) is 2.73. The molecule has 6 nitrogen and oxygen atoms in total. The van der Waals surface area contributed by atoms with Crippen LogP contribution in [0.4, 0.5) is 0 Å². The van der Waals surface area contributed by atoms with Crippen LogP contribution < -0.4 is 0 Å². The molecular weight excluding hydrogens is 288 g/mol. The van der Waals surface area contributed by atoms with Gasteiger partial charge in [0.15, 0.2) is 11.6 Å². The van der Waals surface area contributed by atoms with Crippen LogP contribution in [0, 0.1) is 0 Å². The van der Waals surface area contributed by atoms with Crippen LogP contribution >= 0.6 is 0 Å². The summed E-state index contributed by atoms with van der Waals surface area (Å²) in [4.78, 5) is 24.6. The van der Waals surface area contributed by atoms with E-state index < -0.39 is 23.4 Å². The predicted octanol–water partition coefficient (Wildman–Crippen LogP) is 1.33. The average molecular weight is 304 g/mol. The van der Waals surface area contributed by atoms with Gasteiger partial charge in [0.05, 0.1) is 28.9 Å². The monoisotopic (exact) mass is 304 g/mol. The van der Waals surface area contributed by atoms with Crippen molar-refractivity contribution >= 4 is 11.6 Å². The zero-order valence-electron chi connectivity index (χ0n) is 12.2. The van der Waals surface area contributed by atoms with Gasteiger partial charge >= 0.3 is 0 Å². The van der Waals surface area contributed by atoms with Crippen LogP contribution in [-0.2, 0) is 4.74 Å². The number of hydrogen-bond acceptors (Lipinski definition) is 6. The van der Waals surface area contributed by atoms with Crippen molar-refractivity contribution in [3.8, 4) is 11.5 Å². The van der Waals surface area contributed by atoms with E-state index in [2.05, 4.69) is 0 Å². The van der Waals surface area contributed by atoms with Gasteiger partial charge in [-0.15, -0.1) is 0 Å². The second-order valence-corrected chi connectivity index (χ2v) is 6.11. The van der Waals surface area contributed by atoms with Crippen LogP contribution in [0.5, 0.6) is 11.5 Å². The van der Waals surface area contributed by atoms with Crippen LogP contribution in [0.25, 0.3) is 0 Å². The molecule has 2 unspecified atom stereocenters. The number of carbonyl (C=O) groups excluding carboxylic acids is 2. The Balaban J connectivity index is 1.94. The van der Waals surface area contributed by atoms with Crippen LogP contribution in [0.15, 0.2) is 23.8 Å². The van der Waals surface area contributed by atoms with E-state index in [-0.39, 0.29) is 40.6 Å². The van der Waals surface area contributed by atoms with Crippen LogP contribution in [-0.4, -0.2) is 44.7 Å². The first-order valence-electron chi connectivity index (χ1n) is 6.94. The summed E-state index contributed by atoms with van der Waals surface area (Å²) in [5, 5.41) is 29.8. The van der Waals surface area contributed by atoms with E-state index in [1.807, 2.05) is 13.8 Å². The first-order valence-corrected chi connectivity index (χ1v) is 6.94. The Kier molecular flexibility index (Phi) is 3.12. The molecule has 3 N–H and O–H groups in total. The van der Waals surface area contributed by atoms with Crippen molar-refractivity contribution in [3.63, 3.8) is 0 Å². The maximum atomic E-state index is 12.4. The topological polar surface area (TPSA) is 107 Å². The number of hydrogen-bond donors (Lipinski definition) is 3. The summed E-state index contributed by atoms with van der Waals surface area (Å²) in [6.45, 7) is 3.73. The molecule has 1 saturated heterocycles. The summed E-state index contributed by atoms with van der Waals surface area (Å²) in [5.74, 6) is -2.04. The molecule has 0 bridgehead atoms. The maximum absolute atomic E-state index is 12.4. The Morgan fingerprint density at radius 3 is 2.27 bits per heavy atom. The number of aliphatic hydroxyl groups excluding tert-OH is 1. The zero-order valence-corrected chi connectivity index (χ0v) is 12.2. The number of Topliss-reactive ketones (excluding diaryl/α,β-unsaturated/α-hetero) is 1. The summed E-state index contributed by atoms with van der Waals surface area (Å²) < 4.78 is 5.37. The number of aromatic hydroxyl groups is 2. The molecule has 0 radical (unpaired) electrons. The average Bonchev–Trinajstić information content (AvgIpc) is 3.03. The van der Waals surface area contributed by atoms with Crippen molar-refractivity contribution in [2.24, 2.45) is 0 Å². The van der Waals surface area contributed by atoms with Gasteiger partial charge in [-0.3, -0.25) is 9.59 Å². The van der Waals surface area contributed by atoms with E-state index in [0.717, 1.165) is 18.2 Å². The zero-order chi connectivity index (χ0) is 16.2. The van der Waals surface area contributed by atoms with Crippen molar-refractivity contribution < 1.29 is 29.6 Å². The Hall–Kier alpha value is -2.18. The van der Waals surface area contributed by atoms with Crippen molar-refractivity contribution in [1.29, 1.82) is 0 Å². The van der Waals surface area contributed by atoms with E-state index in [9.17, 15) is 24.9 Å². The number of phenols is 2. The summed E-state index contributed by atoms with van der Waals surface area (Å²) in [7, 11) is 0. The summed E-state index contributed by atoms with van der Waals surface area (Å²) in [5.41, 5.74) is -0.937. The maximum Gasteiger partial charge on any atom is 0.196 e. The second-order valence-electron chi connectivity index (χ2n) is 6.11. The first-order chi connectivity index (χ1) is 10.2. The highest BCUT2D eigenvalue weighted by Crippen LogP contribution is 2.41. The van der Waals surface area contributed by atoms with Crippen LogP contribution in [0.3, 0.4) is 0 Å². The molecule has 2 aliphatic rings. The third-order valence-electron chi connectivity index (χ3n) is 4.14. The highest BCUT2D eigenvalue weighted by atomic mass is 16.6. The van der Waals surface area contributed by atoms with Crippen molar-refractivity contribution in [1.82, 2.24) is 0 Å². The number of allylic oxidation sites excluding steroid dienone is 1. The Bertz CT molecular complexity index is 716. The van der Waals surface area contributed by atoms with E-state index in [0.29, 0.717) is 0 Å². The van der Waals surface area contributed by atoms with Gasteiger partial charge < -0.3 is 20.1 Å². The number of rotatable bonds is 3. The van der Waals surface area contributed by atoms with Crippen LogP contribution in [0.2, 0.25) is 0 Å². The van der Waals surface area contributed by atoms with Gasteiger partial charge in [-0.25, -0.2) is 0 Å². The molecule has 2 atom stereocenters. The minimum absolute atomic E-state index is 0.0929. The van der Waals surface area contributed by atoms with Gasteiger partial charge in [0.2, 0.25) is 0 Å². The van der Waals surface area contributed by atoms with Gasteiger partial charge in [0, 0.05) is 12.0 Å². The molecule has 1 aromatic rings. The number of fused-ring (bicyclic) bond motifs is 1. The molecule has 0 spiro atoms. The molecule has 1 aliphatic carbocycles. The molecule has 22 heavy (non-hydrogen) atoms. The number of carbonyl (C=O) groups is 2. The molecule has 0 aromatic heterocycles. The lowest BCUT2D eigenvalue weighted by molar-refractivity contribution is 0.0933. The fourth-order valence-electron chi connectivity index (χ4n) is 2.73. The lowest BCUT2D eigenvalue weighted by atomic mass is 9.84. The molecular formula is C16H16O6. The smallest absolute Gasteiger partial charge is 0.196 e. The third kappa shape index (κ3) is 2.20. The lowest BCUT2D eigenvalue weighted by Gasteiger charge is -2.20. The quantitative estimate of drug-likeness (QED) is 0.574. The minimum atomic E-state index is -1.17. The molecule has 3 rings (SSSR count). The number of phenolic OH excluding ortho intramolecular Hbond substituents is 2. The van der Waals surface area contributed by atoms with Crippen molar-refractivity contribution in [2.75, 3.05) is 0 Å². The Morgan fingerprint density at radius 1 is 1.18 bits per heavy atom. The molecule has 1 aromatic carbocycles. The Labute approximate surface area is 126 Å². The lowest BCUT2D eigenvalue weighted by Crippen LogP contribution is -2.27. The molecule has 116 valence electrons. The SMILES string of the molecule is CC1(C)OC1CC(O)C1=CC(=O)c2c(O)ccc(O)c2C1=O. The minimum Gasteiger partial charge on any atom is -0.507 e. The number of epoxide rings is 1. The number of ether oxygens (including phenoxy) is 1. The molecule has 1 aliphatic heterocycles. The summed E-state index contributed by atoms with van der Waals surface area (Å²) in [6.07, 6.45) is -0.153. The molecule has 6 heteroatoms. The highest BCUT2D eigenvalue weighted by molar-refractivity contribution is 6.26. The largest absolute Gasteiger partial charge is 0.507 e. The first kappa shape index (κ1) is 14.7.